The predicted octanol–water partition coefficient (Wildman–Crippen LogP) is 3.25. The Labute approximate surface area is 162 Å². The van der Waals surface area contributed by atoms with Gasteiger partial charge in [0, 0.05) is 50.0 Å². The Bertz CT molecular complexity index is 1090. The lowest BCUT2D eigenvalue weighted by Crippen LogP contribution is -2.64. The minimum absolute atomic E-state index is 0.0772. The van der Waals surface area contributed by atoms with Gasteiger partial charge >= 0.3 is 0 Å². The van der Waals surface area contributed by atoms with E-state index < -0.39 is 5.41 Å². The van der Waals surface area contributed by atoms with Crippen LogP contribution in [0.4, 0.5) is 15.8 Å². The summed E-state index contributed by atoms with van der Waals surface area (Å²) in [6.45, 7) is 1.78. The van der Waals surface area contributed by atoms with Gasteiger partial charge in [-0.3, -0.25) is 9.78 Å². The van der Waals surface area contributed by atoms with Crippen molar-refractivity contribution < 1.29 is 13.9 Å². The average Bonchev–Trinajstić information content (AvgIpc) is 2.89. The van der Waals surface area contributed by atoms with Crippen LogP contribution in [0.3, 0.4) is 0 Å². The maximum absolute atomic E-state index is 13.7. The molecule has 1 spiro atoms. The van der Waals surface area contributed by atoms with Crippen LogP contribution in [0.25, 0.3) is 10.9 Å². The number of pyridine rings is 1. The Morgan fingerprint density at radius 1 is 1.18 bits per heavy atom. The van der Waals surface area contributed by atoms with Gasteiger partial charge < -0.3 is 14.5 Å². The second-order valence-corrected chi connectivity index (χ2v) is 7.58. The summed E-state index contributed by atoms with van der Waals surface area (Å²) in [5.74, 6) is -0.244. The highest BCUT2D eigenvalue weighted by molar-refractivity contribution is 6.13. The van der Waals surface area contributed by atoms with Gasteiger partial charge in [0.1, 0.15) is 11.2 Å². The number of methoxy groups -OCH3 is 1. The molecule has 1 fully saturated rings. The summed E-state index contributed by atoms with van der Waals surface area (Å²) in [5, 5.41) is 0.853. The van der Waals surface area contributed by atoms with Crippen molar-refractivity contribution in [2.45, 2.75) is 12.0 Å². The average molecular weight is 377 g/mol. The van der Waals surface area contributed by atoms with Crippen molar-refractivity contribution in [2.24, 2.45) is 0 Å². The monoisotopic (exact) mass is 377 g/mol. The van der Waals surface area contributed by atoms with Gasteiger partial charge in [-0.1, -0.05) is 12.1 Å². The number of nitrogens with zero attached hydrogens (tertiary/aromatic N) is 3. The van der Waals surface area contributed by atoms with Crippen LogP contribution in [0.1, 0.15) is 11.1 Å². The van der Waals surface area contributed by atoms with E-state index in [4.69, 9.17) is 4.74 Å². The standard InChI is InChI=1S/C22H20FN3O2/c1-25-19-10-24-18-9-15(23)5-8-17(18)20(19)22(21(25)27)12-26(13-22)16-6-3-14(4-7-16)11-28-2/h3-10H,11-13H2,1-2H3. The fraction of sp³-hybridized carbons (Fsp3) is 0.273. The molecule has 3 aromatic rings. The molecule has 0 aliphatic carbocycles. The van der Waals surface area contributed by atoms with Crippen LogP contribution < -0.4 is 9.80 Å². The van der Waals surface area contributed by atoms with Crippen LogP contribution in [0.2, 0.25) is 0 Å². The number of benzene rings is 2. The molecule has 0 unspecified atom stereocenters. The second-order valence-electron chi connectivity index (χ2n) is 7.58. The number of rotatable bonds is 3. The van der Waals surface area contributed by atoms with Crippen LogP contribution in [0.5, 0.6) is 0 Å². The van der Waals surface area contributed by atoms with Crippen molar-refractivity contribution in [2.75, 3.05) is 37.0 Å². The first-order valence-electron chi connectivity index (χ1n) is 9.23. The van der Waals surface area contributed by atoms with Crippen LogP contribution in [-0.2, 0) is 21.6 Å². The van der Waals surface area contributed by atoms with E-state index in [1.54, 1.807) is 31.3 Å². The quantitative estimate of drug-likeness (QED) is 0.703. The molecule has 0 N–H and O–H groups in total. The zero-order valence-electron chi connectivity index (χ0n) is 15.8. The minimum Gasteiger partial charge on any atom is -0.380 e. The van der Waals surface area contributed by atoms with E-state index >= 15 is 0 Å². The maximum Gasteiger partial charge on any atom is 0.241 e. The van der Waals surface area contributed by atoms with Crippen LogP contribution in [0.15, 0.2) is 48.7 Å². The number of ether oxygens (including phenoxy) is 1. The summed E-state index contributed by atoms with van der Waals surface area (Å²) in [6.07, 6.45) is 1.69. The Hall–Kier alpha value is -2.99. The molecule has 0 atom stereocenters. The molecule has 5 nitrogen and oxygen atoms in total. The molecular formula is C22H20FN3O2. The smallest absolute Gasteiger partial charge is 0.241 e. The molecule has 2 aliphatic heterocycles. The third-order valence-corrected chi connectivity index (χ3v) is 5.90. The van der Waals surface area contributed by atoms with E-state index in [2.05, 4.69) is 22.0 Å². The van der Waals surface area contributed by atoms with E-state index in [9.17, 15) is 9.18 Å². The lowest BCUT2D eigenvalue weighted by molar-refractivity contribution is -0.123. The number of amides is 1. The fourth-order valence-electron chi connectivity index (χ4n) is 4.50. The van der Waals surface area contributed by atoms with E-state index in [-0.39, 0.29) is 11.7 Å². The molecule has 6 heteroatoms. The molecule has 0 bridgehead atoms. The van der Waals surface area contributed by atoms with Gasteiger partial charge in [0.25, 0.3) is 0 Å². The van der Waals surface area contributed by atoms with Crippen LogP contribution >= 0.6 is 0 Å². The third kappa shape index (κ3) is 2.27. The summed E-state index contributed by atoms with van der Waals surface area (Å²) in [4.78, 5) is 21.4. The zero-order chi connectivity index (χ0) is 19.5. The number of fused-ring (bicyclic) bond motifs is 4. The van der Waals surface area contributed by atoms with Gasteiger partial charge in [0.2, 0.25) is 5.91 Å². The third-order valence-electron chi connectivity index (χ3n) is 5.90. The summed E-state index contributed by atoms with van der Waals surface area (Å²) in [6, 6.07) is 12.8. The largest absolute Gasteiger partial charge is 0.380 e. The molecule has 3 heterocycles. The SMILES string of the molecule is COCc1ccc(N2CC3(C2)C(=O)N(C)c2cnc4cc(F)ccc4c23)cc1. The molecule has 2 aromatic carbocycles. The van der Waals surface area contributed by atoms with Gasteiger partial charge in [0.15, 0.2) is 0 Å². The fourth-order valence-corrected chi connectivity index (χ4v) is 4.50. The summed E-state index contributed by atoms with van der Waals surface area (Å²) in [5.41, 5.74) is 3.97. The van der Waals surface area contributed by atoms with Crippen molar-refractivity contribution in [3.63, 3.8) is 0 Å². The molecule has 0 radical (unpaired) electrons. The molecule has 1 saturated heterocycles. The van der Waals surface area contributed by atoms with E-state index in [0.717, 1.165) is 27.9 Å². The summed E-state index contributed by atoms with van der Waals surface area (Å²) >= 11 is 0. The first-order valence-corrected chi connectivity index (χ1v) is 9.23. The van der Waals surface area contributed by atoms with Gasteiger partial charge in [-0.05, 0) is 29.8 Å². The van der Waals surface area contributed by atoms with E-state index in [1.807, 2.05) is 12.1 Å². The molecule has 5 rings (SSSR count). The predicted molar refractivity (Wildman–Crippen MR) is 106 cm³/mol. The number of likely N-dealkylation sites (N-methyl/N-ethyl adjacent to an activating group) is 1. The lowest BCUT2D eigenvalue weighted by Gasteiger charge is -2.48. The minimum atomic E-state index is -0.603. The highest BCUT2D eigenvalue weighted by Gasteiger charge is 2.58. The number of hydrogen-bond donors (Lipinski definition) is 0. The summed E-state index contributed by atoms with van der Waals surface area (Å²) in [7, 11) is 3.47. The first-order chi connectivity index (χ1) is 13.5. The number of halogens is 1. The second kappa shape index (κ2) is 6.01. The molecule has 142 valence electrons. The number of anilines is 2. The Morgan fingerprint density at radius 2 is 1.93 bits per heavy atom. The van der Waals surface area contributed by atoms with Crippen LogP contribution in [-0.4, -0.2) is 38.1 Å². The topological polar surface area (TPSA) is 45.7 Å². The number of carbonyl (C=O) groups is 1. The Kier molecular flexibility index (Phi) is 3.67. The Balaban J connectivity index is 1.53. The van der Waals surface area contributed by atoms with E-state index in [0.29, 0.717) is 25.2 Å². The zero-order valence-corrected chi connectivity index (χ0v) is 15.8. The molecule has 2 aliphatic rings. The molecule has 1 amide bonds. The van der Waals surface area contributed by atoms with Crippen molar-refractivity contribution >= 4 is 28.2 Å². The number of hydrogen-bond acceptors (Lipinski definition) is 4. The maximum atomic E-state index is 13.7. The lowest BCUT2D eigenvalue weighted by atomic mass is 9.73. The van der Waals surface area contributed by atoms with Crippen molar-refractivity contribution in [1.82, 2.24) is 4.98 Å². The van der Waals surface area contributed by atoms with Crippen LogP contribution in [0, 0.1) is 5.82 Å². The highest BCUT2D eigenvalue weighted by Crippen LogP contribution is 2.50. The molecular weight excluding hydrogens is 357 g/mol. The van der Waals surface area contributed by atoms with Gasteiger partial charge in [0.05, 0.1) is 24.0 Å². The van der Waals surface area contributed by atoms with E-state index in [1.165, 1.54) is 12.1 Å². The first kappa shape index (κ1) is 17.1. The normalized spacial score (nSPS) is 17.3. The van der Waals surface area contributed by atoms with Gasteiger partial charge in [-0.15, -0.1) is 0 Å². The Morgan fingerprint density at radius 3 is 2.64 bits per heavy atom. The molecule has 1 aromatic heterocycles. The van der Waals surface area contributed by atoms with Gasteiger partial charge in [-0.25, -0.2) is 4.39 Å². The summed E-state index contributed by atoms with van der Waals surface area (Å²) < 4.78 is 18.8. The number of carbonyl (C=O) groups excluding carboxylic acids is 1. The van der Waals surface area contributed by atoms with Crippen molar-refractivity contribution in [3.8, 4) is 0 Å². The highest BCUT2D eigenvalue weighted by atomic mass is 19.1. The number of aromatic nitrogens is 1. The van der Waals surface area contributed by atoms with Crippen molar-refractivity contribution in [1.29, 1.82) is 0 Å². The van der Waals surface area contributed by atoms with Crippen molar-refractivity contribution in [3.05, 3.63) is 65.6 Å². The molecule has 28 heavy (non-hydrogen) atoms. The van der Waals surface area contributed by atoms with Gasteiger partial charge in [-0.2, -0.15) is 0 Å². The molecule has 0 saturated carbocycles.